The highest BCUT2D eigenvalue weighted by atomic mass is 16.5. The number of fused-ring (bicyclic) bond motifs is 1. The first-order valence-electron chi connectivity index (χ1n) is 7.11. The Labute approximate surface area is 115 Å². The molecule has 2 rings (SSSR count). The molecule has 0 heterocycles. The molecule has 106 valence electrons. The van der Waals surface area contributed by atoms with E-state index in [9.17, 15) is 0 Å². The molecule has 3 N–H and O–H groups in total. The van der Waals surface area contributed by atoms with E-state index in [-0.39, 0.29) is 17.6 Å². The summed E-state index contributed by atoms with van der Waals surface area (Å²) in [6, 6.07) is 8.47. The lowest BCUT2D eigenvalue weighted by molar-refractivity contribution is -0.0654. The fourth-order valence-corrected chi connectivity index (χ4v) is 3.01. The highest BCUT2D eigenvalue weighted by molar-refractivity contribution is 5.40. The van der Waals surface area contributed by atoms with Crippen molar-refractivity contribution in [1.82, 2.24) is 0 Å². The van der Waals surface area contributed by atoms with Crippen molar-refractivity contribution in [3.8, 4) is 0 Å². The van der Waals surface area contributed by atoms with Crippen LogP contribution in [-0.2, 0) is 15.8 Å². The van der Waals surface area contributed by atoms with Gasteiger partial charge in [0.1, 0.15) is 5.60 Å². The van der Waals surface area contributed by atoms with Crippen LogP contribution in [-0.4, -0.2) is 24.9 Å². The van der Waals surface area contributed by atoms with Crippen LogP contribution < -0.4 is 5.73 Å². The fourth-order valence-electron chi connectivity index (χ4n) is 3.01. The summed E-state index contributed by atoms with van der Waals surface area (Å²) in [6.07, 6.45) is 2.67. The second kappa shape index (κ2) is 5.61. The van der Waals surface area contributed by atoms with E-state index in [2.05, 4.69) is 38.1 Å². The first kappa shape index (κ1) is 14.5. The van der Waals surface area contributed by atoms with Gasteiger partial charge in [-0.2, -0.15) is 0 Å². The summed E-state index contributed by atoms with van der Waals surface area (Å²) in [5.41, 5.74) is 8.41. The first-order valence-corrected chi connectivity index (χ1v) is 7.11. The van der Waals surface area contributed by atoms with Crippen LogP contribution in [0, 0.1) is 0 Å². The summed E-state index contributed by atoms with van der Waals surface area (Å²) in [4.78, 5) is 0. The van der Waals surface area contributed by atoms with Crippen LogP contribution in [0.25, 0.3) is 0 Å². The lowest BCUT2D eigenvalue weighted by Crippen LogP contribution is -2.45. The normalized spacial score (nSPS) is 25.1. The van der Waals surface area contributed by atoms with Gasteiger partial charge in [0, 0.05) is 13.2 Å². The molecule has 0 spiro atoms. The topological polar surface area (TPSA) is 55.5 Å². The predicted molar refractivity (Wildman–Crippen MR) is 77.1 cm³/mol. The molecule has 1 aromatic rings. The van der Waals surface area contributed by atoms with E-state index in [4.69, 9.17) is 15.6 Å². The third-order valence-electron chi connectivity index (χ3n) is 4.31. The lowest BCUT2D eigenvalue weighted by Gasteiger charge is -2.44. The van der Waals surface area contributed by atoms with E-state index < -0.39 is 0 Å². The monoisotopic (exact) mass is 263 g/mol. The molecule has 1 aliphatic carbocycles. The van der Waals surface area contributed by atoms with E-state index in [1.165, 1.54) is 11.1 Å². The van der Waals surface area contributed by atoms with Gasteiger partial charge in [-0.25, -0.2) is 0 Å². The minimum absolute atomic E-state index is 0.161. The molecule has 1 unspecified atom stereocenters. The van der Waals surface area contributed by atoms with Crippen LogP contribution in [0.2, 0.25) is 0 Å². The quantitative estimate of drug-likeness (QED) is 0.802. The van der Waals surface area contributed by atoms with Gasteiger partial charge < -0.3 is 15.6 Å². The molecular formula is C16H25NO2. The smallest absolute Gasteiger partial charge is 0.106 e. The third kappa shape index (κ3) is 2.69. The van der Waals surface area contributed by atoms with Gasteiger partial charge in [0.2, 0.25) is 0 Å². The summed E-state index contributed by atoms with van der Waals surface area (Å²) < 4.78 is 6.09. The van der Waals surface area contributed by atoms with Gasteiger partial charge in [-0.1, -0.05) is 38.1 Å². The average Bonchev–Trinajstić information content (AvgIpc) is 2.42. The maximum Gasteiger partial charge on any atom is 0.106 e. The minimum Gasteiger partial charge on any atom is -0.396 e. The Balaban J connectivity index is 2.36. The molecule has 1 aliphatic rings. The summed E-state index contributed by atoms with van der Waals surface area (Å²) in [6.45, 7) is 5.77. The van der Waals surface area contributed by atoms with Crippen molar-refractivity contribution in [2.45, 2.75) is 44.1 Å². The van der Waals surface area contributed by atoms with Gasteiger partial charge in [0.25, 0.3) is 0 Å². The molecule has 0 radical (unpaired) electrons. The zero-order chi connectivity index (χ0) is 13.9. The summed E-state index contributed by atoms with van der Waals surface area (Å²) in [5, 5.41) is 8.92. The summed E-state index contributed by atoms with van der Waals surface area (Å²) >= 11 is 0. The number of hydrogen-bond donors (Lipinski definition) is 2. The van der Waals surface area contributed by atoms with Gasteiger partial charge in [-0.15, -0.1) is 0 Å². The van der Waals surface area contributed by atoms with Crippen LogP contribution in [0.4, 0.5) is 0 Å². The Hall–Kier alpha value is -0.900. The molecule has 1 aromatic carbocycles. The van der Waals surface area contributed by atoms with Crippen molar-refractivity contribution >= 4 is 0 Å². The van der Waals surface area contributed by atoms with Gasteiger partial charge >= 0.3 is 0 Å². The Kier molecular flexibility index (Phi) is 4.29. The van der Waals surface area contributed by atoms with Crippen LogP contribution in [0.15, 0.2) is 24.3 Å². The largest absolute Gasteiger partial charge is 0.396 e. The van der Waals surface area contributed by atoms with Crippen molar-refractivity contribution in [2.24, 2.45) is 5.73 Å². The minimum atomic E-state index is -0.374. The Bertz CT molecular complexity index is 431. The predicted octanol–water partition coefficient (Wildman–Crippen LogP) is 2.31. The van der Waals surface area contributed by atoms with Crippen LogP contribution >= 0.6 is 0 Å². The van der Waals surface area contributed by atoms with Crippen molar-refractivity contribution < 1.29 is 9.84 Å². The van der Waals surface area contributed by atoms with Gasteiger partial charge in [-0.05, 0) is 35.8 Å². The van der Waals surface area contributed by atoms with Crippen molar-refractivity contribution in [3.63, 3.8) is 0 Å². The summed E-state index contributed by atoms with van der Waals surface area (Å²) in [7, 11) is 0. The molecule has 0 aliphatic heterocycles. The summed E-state index contributed by atoms with van der Waals surface area (Å²) in [5.74, 6) is 0. The number of ether oxygens (including phenoxy) is 1. The van der Waals surface area contributed by atoms with Gasteiger partial charge in [0.05, 0.1) is 6.61 Å². The van der Waals surface area contributed by atoms with E-state index >= 15 is 0 Å². The molecule has 0 amide bonds. The number of nitrogens with two attached hydrogens (primary N) is 1. The number of hydrogen-bond acceptors (Lipinski definition) is 3. The number of rotatable bonds is 5. The van der Waals surface area contributed by atoms with Crippen LogP contribution in [0.5, 0.6) is 0 Å². The number of aliphatic hydroxyl groups excluding tert-OH is 1. The zero-order valence-electron chi connectivity index (χ0n) is 12.0. The number of benzene rings is 1. The highest BCUT2D eigenvalue weighted by Crippen LogP contribution is 2.46. The Morgan fingerprint density at radius 1 is 1.21 bits per heavy atom. The second-order valence-electron chi connectivity index (χ2n) is 6.05. The molecule has 3 heteroatoms. The molecule has 3 nitrogen and oxygen atoms in total. The highest BCUT2D eigenvalue weighted by Gasteiger charge is 2.42. The maximum atomic E-state index is 8.92. The van der Waals surface area contributed by atoms with Gasteiger partial charge in [-0.3, -0.25) is 0 Å². The van der Waals surface area contributed by atoms with E-state index in [0.717, 1.165) is 12.8 Å². The Morgan fingerprint density at radius 3 is 2.53 bits per heavy atom. The molecule has 0 bridgehead atoms. The van der Waals surface area contributed by atoms with Crippen molar-refractivity contribution in [3.05, 3.63) is 35.4 Å². The van der Waals surface area contributed by atoms with E-state index in [0.29, 0.717) is 19.6 Å². The lowest BCUT2D eigenvalue weighted by atomic mass is 9.66. The third-order valence-corrected chi connectivity index (χ3v) is 4.31. The molecule has 0 aromatic heterocycles. The number of aliphatic hydroxyl groups is 1. The molecule has 0 saturated carbocycles. The van der Waals surface area contributed by atoms with E-state index in [1.807, 2.05) is 0 Å². The first-order chi connectivity index (χ1) is 9.06. The molecule has 0 saturated heterocycles. The zero-order valence-corrected chi connectivity index (χ0v) is 12.0. The average molecular weight is 263 g/mol. The van der Waals surface area contributed by atoms with E-state index in [1.54, 1.807) is 0 Å². The molecule has 19 heavy (non-hydrogen) atoms. The molecule has 0 fully saturated rings. The van der Waals surface area contributed by atoms with Crippen molar-refractivity contribution in [2.75, 3.05) is 19.8 Å². The SMILES string of the molecule is CC1(C)CCC(CN)(OCCCO)c2ccccc21. The Morgan fingerprint density at radius 2 is 1.89 bits per heavy atom. The standard InChI is InChI=1S/C16H25NO2/c1-15(2)8-9-16(12-17,19-11-5-10-18)14-7-4-3-6-13(14)15/h3-4,6-7,18H,5,8-12,17H2,1-2H3. The molecular weight excluding hydrogens is 238 g/mol. The van der Waals surface area contributed by atoms with Crippen molar-refractivity contribution in [1.29, 1.82) is 0 Å². The van der Waals surface area contributed by atoms with Crippen LogP contribution in [0.1, 0.15) is 44.2 Å². The second-order valence-corrected chi connectivity index (χ2v) is 6.05. The molecule has 1 atom stereocenters. The van der Waals surface area contributed by atoms with Gasteiger partial charge in [0.15, 0.2) is 0 Å². The van der Waals surface area contributed by atoms with Crippen LogP contribution in [0.3, 0.4) is 0 Å². The maximum absolute atomic E-state index is 8.92. The fraction of sp³-hybridized carbons (Fsp3) is 0.625.